The first-order chi connectivity index (χ1) is 16.1. The van der Waals surface area contributed by atoms with Crippen LogP contribution in [0.25, 0.3) is 33.4 Å². The second-order valence-corrected chi connectivity index (χ2v) is 8.82. The fourth-order valence-electron chi connectivity index (χ4n) is 3.87. The molecule has 0 saturated heterocycles. The van der Waals surface area contributed by atoms with Crippen LogP contribution < -0.4 is 5.32 Å². The van der Waals surface area contributed by atoms with Crippen LogP contribution in [0, 0.1) is 0 Å². The second-order valence-electron chi connectivity index (χ2n) is 7.95. The fraction of sp³-hybridized carbons (Fsp3) is 0.259. The largest absolute Gasteiger partial charge is 0.369 e. The van der Waals surface area contributed by atoms with E-state index < -0.39 is 0 Å². The first-order valence-corrected chi connectivity index (χ1v) is 12.1. The summed E-state index contributed by atoms with van der Waals surface area (Å²) in [6.07, 6.45) is 1.05. The van der Waals surface area contributed by atoms with E-state index in [9.17, 15) is 0 Å². The standard InChI is InChI=1S/C27H28Cl2N4/c1-3-33(4-2)17-5-16-30-27-24-15-14-23(29)18-25(24)31-26(32-27)21-8-6-19(7-9-21)20-10-12-22(28)13-11-20/h6-15,18H,3-5,16-17H2,1-2H3,(H,30,31,32). The number of fused-ring (bicyclic) bond motifs is 1. The molecule has 0 radical (unpaired) electrons. The van der Waals surface area contributed by atoms with Crippen LogP contribution in [-0.2, 0) is 0 Å². The van der Waals surface area contributed by atoms with Crippen LogP contribution >= 0.6 is 23.2 Å². The molecular weight excluding hydrogens is 451 g/mol. The molecule has 33 heavy (non-hydrogen) atoms. The highest BCUT2D eigenvalue weighted by Gasteiger charge is 2.11. The van der Waals surface area contributed by atoms with Gasteiger partial charge in [-0.1, -0.05) is 73.4 Å². The van der Waals surface area contributed by atoms with Crippen molar-refractivity contribution in [2.75, 3.05) is 31.5 Å². The Bertz CT molecular complexity index is 1200. The smallest absolute Gasteiger partial charge is 0.162 e. The highest BCUT2D eigenvalue weighted by atomic mass is 35.5. The quantitative estimate of drug-likeness (QED) is 0.254. The number of nitrogens with zero attached hydrogens (tertiary/aromatic N) is 3. The molecule has 0 amide bonds. The topological polar surface area (TPSA) is 41.0 Å². The van der Waals surface area contributed by atoms with Gasteiger partial charge in [0.05, 0.1) is 5.52 Å². The number of hydrogen-bond donors (Lipinski definition) is 1. The maximum absolute atomic E-state index is 6.27. The SMILES string of the molecule is CCN(CC)CCCNc1nc(-c2ccc(-c3ccc(Cl)cc3)cc2)nc2cc(Cl)ccc12. The van der Waals surface area contributed by atoms with Crippen LogP contribution in [0.5, 0.6) is 0 Å². The summed E-state index contributed by atoms with van der Waals surface area (Å²) in [7, 11) is 0. The lowest BCUT2D eigenvalue weighted by Crippen LogP contribution is -2.25. The Morgan fingerprint density at radius 3 is 2.03 bits per heavy atom. The van der Waals surface area contributed by atoms with Gasteiger partial charge in [0.15, 0.2) is 5.82 Å². The van der Waals surface area contributed by atoms with Gasteiger partial charge < -0.3 is 10.2 Å². The molecule has 6 heteroatoms. The van der Waals surface area contributed by atoms with Crippen molar-refractivity contribution in [2.45, 2.75) is 20.3 Å². The van der Waals surface area contributed by atoms with E-state index in [0.717, 1.165) is 71.0 Å². The summed E-state index contributed by atoms with van der Waals surface area (Å²) in [4.78, 5) is 12.1. The lowest BCUT2D eigenvalue weighted by Gasteiger charge is -2.18. The average Bonchev–Trinajstić information content (AvgIpc) is 2.84. The number of nitrogens with one attached hydrogen (secondary N) is 1. The first kappa shape index (κ1) is 23.5. The number of hydrogen-bond acceptors (Lipinski definition) is 4. The molecule has 1 N–H and O–H groups in total. The van der Waals surface area contributed by atoms with Crippen molar-refractivity contribution in [3.05, 3.63) is 76.8 Å². The van der Waals surface area contributed by atoms with Gasteiger partial charge in [0.2, 0.25) is 0 Å². The molecule has 170 valence electrons. The Morgan fingerprint density at radius 1 is 0.758 bits per heavy atom. The first-order valence-electron chi connectivity index (χ1n) is 11.4. The van der Waals surface area contributed by atoms with E-state index in [1.54, 1.807) is 0 Å². The van der Waals surface area contributed by atoms with Crippen LogP contribution in [-0.4, -0.2) is 41.0 Å². The third-order valence-electron chi connectivity index (χ3n) is 5.82. The lowest BCUT2D eigenvalue weighted by molar-refractivity contribution is 0.303. The summed E-state index contributed by atoms with van der Waals surface area (Å²) in [5.41, 5.74) is 4.03. The van der Waals surface area contributed by atoms with Gasteiger partial charge in [-0.2, -0.15) is 0 Å². The number of anilines is 1. The van der Waals surface area contributed by atoms with Crippen molar-refractivity contribution >= 4 is 39.9 Å². The van der Waals surface area contributed by atoms with E-state index in [-0.39, 0.29) is 0 Å². The summed E-state index contributed by atoms with van der Waals surface area (Å²) >= 11 is 12.3. The van der Waals surface area contributed by atoms with Gasteiger partial charge in [-0.15, -0.1) is 0 Å². The summed E-state index contributed by atoms with van der Waals surface area (Å²) in [5, 5.41) is 5.90. The van der Waals surface area contributed by atoms with Gasteiger partial charge >= 0.3 is 0 Å². The van der Waals surface area contributed by atoms with Crippen molar-refractivity contribution < 1.29 is 0 Å². The molecule has 0 aliphatic rings. The summed E-state index contributed by atoms with van der Waals surface area (Å²) in [5.74, 6) is 1.52. The summed E-state index contributed by atoms with van der Waals surface area (Å²) < 4.78 is 0. The fourth-order valence-corrected chi connectivity index (χ4v) is 4.16. The van der Waals surface area contributed by atoms with Crippen LogP contribution in [0.3, 0.4) is 0 Å². The van der Waals surface area contributed by atoms with E-state index in [2.05, 4.69) is 48.3 Å². The van der Waals surface area contributed by atoms with E-state index in [1.807, 2.05) is 42.5 Å². The van der Waals surface area contributed by atoms with Crippen molar-refractivity contribution in [1.82, 2.24) is 14.9 Å². The van der Waals surface area contributed by atoms with Crippen LogP contribution in [0.4, 0.5) is 5.82 Å². The predicted octanol–water partition coefficient (Wildman–Crippen LogP) is 7.41. The van der Waals surface area contributed by atoms with Crippen LogP contribution in [0.15, 0.2) is 66.7 Å². The summed E-state index contributed by atoms with van der Waals surface area (Å²) in [6, 6.07) is 21.9. The molecule has 1 aromatic heterocycles. The van der Waals surface area contributed by atoms with Crippen molar-refractivity contribution in [2.24, 2.45) is 0 Å². The molecule has 4 rings (SSSR count). The van der Waals surface area contributed by atoms with Crippen molar-refractivity contribution in [3.8, 4) is 22.5 Å². The van der Waals surface area contributed by atoms with Gasteiger partial charge in [0, 0.05) is 27.5 Å². The van der Waals surface area contributed by atoms with Gasteiger partial charge in [-0.25, -0.2) is 9.97 Å². The highest BCUT2D eigenvalue weighted by Crippen LogP contribution is 2.29. The van der Waals surface area contributed by atoms with Crippen molar-refractivity contribution in [1.29, 1.82) is 0 Å². The zero-order valence-electron chi connectivity index (χ0n) is 19.0. The average molecular weight is 479 g/mol. The summed E-state index contributed by atoms with van der Waals surface area (Å²) in [6.45, 7) is 8.45. The third-order valence-corrected chi connectivity index (χ3v) is 6.30. The minimum absolute atomic E-state index is 0.665. The molecule has 0 atom stereocenters. The molecular formula is C27H28Cl2N4. The zero-order valence-corrected chi connectivity index (χ0v) is 20.5. The zero-order chi connectivity index (χ0) is 23.2. The lowest BCUT2D eigenvalue weighted by atomic mass is 10.0. The van der Waals surface area contributed by atoms with Crippen LogP contribution in [0.1, 0.15) is 20.3 Å². The molecule has 0 aliphatic heterocycles. The van der Waals surface area contributed by atoms with Gasteiger partial charge in [-0.05, 0) is 67.5 Å². The Balaban J connectivity index is 1.60. The van der Waals surface area contributed by atoms with Gasteiger partial charge in [0.25, 0.3) is 0 Å². The number of rotatable bonds is 9. The molecule has 0 unspecified atom stereocenters. The molecule has 3 aromatic carbocycles. The molecule has 4 nitrogen and oxygen atoms in total. The second kappa shape index (κ2) is 11.0. The molecule has 4 aromatic rings. The Labute approximate surface area is 205 Å². The number of benzene rings is 3. The van der Waals surface area contributed by atoms with Gasteiger partial charge in [-0.3, -0.25) is 0 Å². The van der Waals surface area contributed by atoms with E-state index in [4.69, 9.17) is 33.2 Å². The van der Waals surface area contributed by atoms with E-state index in [1.165, 1.54) is 0 Å². The molecule has 0 fully saturated rings. The number of halogens is 2. The monoisotopic (exact) mass is 478 g/mol. The minimum Gasteiger partial charge on any atom is -0.369 e. The Kier molecular flexibility index (Phi) is 7.81. The molecule has 1 heterocycles. The normalized spacial score (nSPS) is 11.3. The van der Waals surface area contributed by atoms with Crippen LogP contribution in [0.2, 0.25) is 10.0 Å². The molecule has 0 spiro atoms. The molecule has 0 saturated carbocycles. The molecule has 0 bridgehead atoms. The highest BCUT2D eigenvalue weighted by molar-refractivity contribution is 6.31. The maximum Gasteiger partial charge on any atom is 0.162 e. The maximum atomic E-state index is 6.27. The van der Waals surface area contributed by atoms with E-state index >= 15 is 0 Å². The van der Waals surface area contributed by atoms with Gasteiger partial charge in [0.1, 0.15) is 5.82 Å². The van der Waals surface area contributed by atoms with Crippen molar-refractivity contribution in [3.63, 3.8) is 0 Å². The minimum atomic E-state index is 0.665. The third kappa shape index (κ3) is 5.83. The Hall–Kier alpha value is -2.66. The van der Waals surface area contributed by atoms with E-state index in [0.29, 0.717) is 10.8 Å². The Morgan fingerprint density at radius 2 is 1.36 bits per heavy atom. The predicted molar refractivity (Wildman–Crippen MR) is 141 cm³/mol. The molecule has 0 aliphatic carbocycles. The number of aromatic nitrogens is 2.